The minimum absolute atomic E-state index is 0.0107. The van der Waals surface area contributed by atoms with Crippen molar-refractivity contribution in [3.05, 3.63) is 0 Å². The summed E-state index contributed by atoms with van der Waals surface area (Å²) in [6, 6.07) is -0.684. The Kier molecular flexibility index (Phi) is 8.35. The molecule has 0 saturated carbocycles. The van der Waals surface area contributed by atoms with Gasteiger partial charge in [0.05, 0.1) is 6.61 Å². The Morgan fingerprint density at radius 3 is 2.38 bits per heavy atom. The quantitative estimate of drug-likeness (QED) is 0.628. The first-order chi connectivity index (χ1) is 10.2. The van der Waals surface area contributed by atoms with Crippen LogP contribution in [0.3, 0.4) is 0 Å². The monoisotopic (exact) mass is 298 g/mol. The molecule has 0 radical (unpaired) electrons. The van der Waals surface area contributed by atoms with Crippen LogP contribution in [0, 0.1) is 0 Å². The lowest BCUT2D eigenvalue weighted by atomic mass is 10.0. The van der Waals surface area contributed by atoms with Crippen LogP contribution >= 0.6 is 0 Å². The third-order valence-corrected chi connectivity index (χ3v) is 3.83. The van der Waals surface area contributed by atoms with Gasteiger partial charge in [-0.05, 0) is 19.3 Å². The van der Waals surface area contributed by atoms with Crippen molar-refractivity contribution in [1.82, 2.24) is 10.2 Å². The smallest absolute Gasteiger partial charge is 0.245 e. The molecule has 5 heteroatoms. The van der Waals surface area contributed by atoms with Gasteiger partial charge in [-0.1, -0.05) is 40.0 Å². The molecule has 0 bridgehead atoms. The van der Waals surface area contributed by atoms with Crippen molar-refractivity contribution in [2.75, 3.05) is 19.8 Å². The Hall–Kier alpha value is -1.10. The van der Waals surface area contributed by atoms with Gasteiger partial charge in [-0.15, -0.1) is 0 Å². The Morgan fingerprint density at radius 1 is 1.05 bits per heavy atom. The molecule has 0 aliphatic carbocycles. The van der Waals surface area contributed by atoms with Crippen molar-refractivity contribution in [2.24, 2.45) is 0 Å². The van der Waals surface area contributed by atoms with E-state index in [0.717, 1.165) is 32.3 Å². The number of carbonyl (C=O) groups is 2. The number of unbranched alkanes of at least 4 members (excludes halogenated alkanes) is 1. The van der Waals surface area contributed by atoms with E-state index in [9.17, 15) is 9.59 Å². The van der Waals surface area contributed by atoms with Crippen LogP contribution in [0.15, 0.2) is 0 Å². The van der Waals surface area contributed by atoms with E-state index in [1.807, 2.05) is 13.8 Å². The van der Waals surface area contributed by atoms with E-state index >= 15 is 0 Å². The summed E-state index contributed by atoms with van der Waals surface area (Å²) in [4.78, 5) is 26.5. The molecule has 1 rings (SSSR count). The molecular formula is C16H30N2O3. The minimum atomic E-state index is -0.355. The van der Waals surface area contributed by atoms with Gasteiger partial charge in [-0.2, -0.15) is 0 Å². The second kappa shape index (κ2) is 9.77. The number of hydrogen-bond donors (Lipinski definition) is 1. The summed E-state index contributed by atoms with van der Waals surface area (Å²) < 4.78 is 5.56. The van der Waals surface area contributed by atoms with Gasteiger partial charge in [0.15, 0.2) is 0 Å². The van der Waals surface area contributed by atoms with Gasteiger partial charge >= 0.3 is 0 Å². The molecule has 1 aliphatic rings. The van der Waals surface area contributed by atoms with Crippen LogP contribution in [-0.4, -0.2) is 48.6 Å². The fraction of sp³-hybridized carbons (Fsp3) is 0.875. The van der Waals surface area contributed by atoms with Crippen molar-refractivity contribution in [2.45, 2.75) is 71.4 Å². The van der Waals surface area contributed by atoms with Crippen molar-refractivity contribution in [1.29, 1.82) is 0 Å². The second-order valence-corrected chi connectivity index (χ2v) is 5.65. The zero-order valence-corrected chi connectivity index (χ0v) is 13.7. The molecule has 1 N–H and O–H groups in total. The third kappa shape index (κ3) is 5.30. The SMILES string of the molecule is CCCCOCCN1C(=O)C(CCC)NC(=O)C1CCC. The topological polar surface area (TPSA) is 58.6 Å². The number of ether oxygens (including phenoxy) is 1. The zero-order chi connectivity index (χ0) is 15.7. The lowest BCUT2D eigenvalue weighted by Crippen LogP contribution is -2.63. The molecule has 2 unspecified atom stereocenters. The minimum Gasteiger partial charge on any atom is -0.380 e. The summed E-state index contributed by atoms with van der Waals surface area (Å²) in [5.74, 6) is 0.0393. The number of amides is 2. The van der Waals surface area contributed by atoms with E-state index in [2.05, 4.69) is 12.2 Å². The highest BCUT2D eigenvalue weighted by atomic mass is 16.5. The predicted molar refractivity (Wildman–Crippen MR) is 83.0 cm³/mol. The molecule has 21 heavy (non-hydrogen) atoms. The van der Waals surface area contributed by atoms with Crippen molar-refractivity contribution in [3.8, 4) is 0 Å². The van der Waals surface area contributed by atoms with Gasteiger partial charge in [0.2, 0.25) is 11.8 Å². The summed E-state index contributed by atoms with van der Waals surface area (Å²) in [6.07, 6.45) is 5.32. The molecule has 1 heterocycles. The highest BCUT2D eigenvalue weighted by molar-refractivity contribution is 5.96. The first-order valence-corrected chi connectivity index (χ1v) is 8.34. The highest BCUT2D eigenvalue weighted by Crippen LogP contribution is 2.17. The number of nitrogens with one attached hydrogen (secondary N) is 1. The molecule has 2 amide bonds. The average molecular weight is 298 g/mol. The fourth-order valence-electron chi connectivity index (χ4n) is 2.65. The van der Waals surface area contributed by atoms with Crippen LogP contribution in [0.1, 0.15) is 59.3 Å². The lowest BCUT2D eigenvalue weighted by molar-refractivity contribution is -0.150. The predicted octanol–water partition coefficient (Wildman–Crippen LogP) is 2.10. The number of carbonyl (C=O) groups excluding carboxylic acids is 2. The molecule has 0 aromatic carbocycles. The summed E-state index contributed by atoms with van der Waals surface area (Å²) >= 11 is 0. The molecule has 1 saturated heterocycles. The highest BCUT2D eigenvalue weighted by Gasteiger charge is 2.39. The number of piperazine rings is 1. The maximum Gasteiger partial charge on any atom is 0.245 e. The summed E-state index contributed by atoms with van der Waals surface area (Å²) in [5, 5.41) is 2.87. The Balaban J connectivity index is 2.61. The van der Waals surface area contributed by atoms with E-state index in [4.69, 9.17) is 4.74 Å². The van der Waals surface area contributed by atoms with E-state index in [1.54, 1.807) is 4.90 Å². The molecular weight excluding hydrogens is 268 g/mol. The molecule has 0 aromatic heterocycles. The number of nitrogens with zero attached hydrogens (tertiary/aromatic N) is 1. The molecule has 122 valence electrons. The largest absolute Gasteiger partial charge is 0.380 e. The van der Waals surface area contributed by atoms with Crippen LogP contribution in [0.25, 0.3) is 0 Å². The van der Waals surface area contributed by atoms with Crippen LogP contribution in [0.2, 0.25) is 0 Å². The third-order valence-electron chi connectivity index (χ3n) is 3.83. The van der Waals surface area contributed by atoms with Gasteiger partial charge in [0.25, 0.3) is 0 Å². The Bertz CT molecular complexity index is 333. The molecule has 2 atom stereocenters. The van der Waals surface area contributed by atoms with Crippen LogP contribution in [0.5, 0.6) is 0 Å². The summed E-state index contributed by atoms with van der Waals surface area (Å²) in [7, 11) is 0. The van der Waals surface area contributed by atoms with Crippen LogP contribution in [-0.2, 0) is 14.3 Å². The van der Waals surface area contributed by atoms with Gasteiger partial charge in [-0.3, -0.25) is 9.59 Å². The molecule has 5 nitrogen and oxygen atoms in total. The van der Waals surface area contributed by atoms with Crippen LogP contribution in [0.4, 0.5) is 0 Å². The maximum atomic E-state index is 12.5. The van der Waals surface area contributed by atoms with E-state index in [-0.39, 0.29) is 23.9 Å². The van der Waals surface area contributed by atoms with Crippen molar-refractivity contribution < 1.29 is 14.3 Å². The van der Waals surface area contributed by atoms with Gasteiger partial charge in [-0.25, -0.2) is 0 Å². The fourth-order valence-corrected chi connectivity index (χ4v) is 2.65. The first kappa shape index (κ1) is 18.0. The number of rotatable bonds is 10. The van der Waals surface area contributed by atoms with Gasteiger partial charge in [0, 0.05) is 13.2 Å². The standard InChI is InChI=1S/C16H30N2O3/c1-4-7-11-21-12-10-18-14(9-6-3)15(19)17-13(8-5-2)16(18)20/h13-14H,4-12H2,1-3H3,(H,17,19). The molecule has 1 aliphatic heterocycles. The van der Waals surface area contributed by atoms with Crippen molar-refractivity contribution >= 4 is 11.8 Å². The summed E-state index contributed by atoms with van der Waals surface area (Å²) in [5.41, 5.74) is 0. The second-order valence-electron chi connectivity index (χ2n) is 5.65. The summed E-state index contributed by atoms with van der Waals surface area (Å²) in [6.45, 7) is 7.93. The van der Waals surface area contributed by atoms with E-state index in [1.165, 1.54) is 0 Å². The van der Waals surface area contributed by atoms with E-state index in [0.29, 0.717) is 26.0 Å². The van der Waals surface area contributed by atoms with E-state index < -0.39 is 0 Å². The zero-order valence-electron chi connectivity index (χ0n) is 13.7. The maximum absolute atomic E-state index is 12.5. The Labute approximate surface area is 128 Å². The first-order valence-electron chi connectivity index (χ1n) is 8.34. The van der Waals surface area contributed by atoms with Crippen LogP contribution < -0.4 is 5.32 Å². The lowest BCUT2D eigenvalue weighted by Gasteiger charge is -2.39. The number of hydrogen-bond acceptors (Lipinski definition) is 3. The van der Waals surface area contributed by atoms with Gasteiger partial charge in [0.1, 0.15) is 12.1 Å². The molecule has 0 aromatic rings. The Morgan fingerprint density at radius 2 is 1.76 bits per heavy atom. The van der Waals surface area contributed by atoms with Gasteiger partial charge < -0.3 is 15.0 Å². The average Bonchev–Trinajstić information content (AvgIpc) is 2.47. The molecule has 1 fully saturated rings. The molecule has 0 spiro atoms. The normalized spacial score (nSPS) is 22.5. The van der Waals surface area contributed by atoms with Crippen molar-refractivity contribution in [3.63, 3.8) is 0 Å².